The van der Waals surface area contributed by atoms with E-state index in [4.69, 9.17) is 0 Å². The normalized spacial score (nSPS) is 11.7. The molecule has 28 heavy (non-hydrogen) atoms. The molecule has 0 saturated carbocycles. The van der Waals surface area contributed by atoms with Crippen LogP contribution in [-0.2, 0) is 6.54 Å². The number of carbonyl (C=O) groups excluding carboxylic acids is 1. The minimum Gasteiger partial charge on any atom is -0.543 e. The van der Waals surface area contributed by atoms with Gasteiger partial charge in [-0.25, -0.2) is 9.37 Å². The molecule has 0 radical (unpaired) electrons. The summed E-state index contributed by atoms with van der Waals surface area (Å²) in [6, 6.07) is 3.55. The van der Waals surface area contributed by atoms with Crippen molar-refractivity contribution in [3.8, 4) is 11.4 Å². The number of imidazole rings is 1. The number of hydrogen-bond acceptors (Lipinski definition) is 5. The second-order valence-corrected chi connectivity index (χ2v) is 5.71. The number of fused-ring (bicyclic) bond motifs is 2. The first-order chi connectivity index (χ1) is 12.7. The number of hydrogen-bond donors (Lipinski definition) is 0. The molecule has 0 saturated heterocycles. The average Bonchev–Trinajstić information content (AvgIpc) is 3.14. The topological polar surface area (TPSA) is 88.1 Å². The van der Waals surface area contributed by atoms with E-state index >= 15 is 0 Å². The molecule has 0 fully saturated rings. The van der Waals surface area contributed by atoms with Gasteiger partial charge in [0.2, 0.25) is 0 Å². The van der Waals surface area contributed by atoms with E-state index in [9.17, 15) is 27.5 Å². The molecule has 0 unspecified atom stereocenters. The van der Waals surface area contributed by atoms with E-state index in [1.54, 1.807) is 0 Å². The molecule has 0 aliphatic carbocycles. The number of carboxylic acids is 1. The number of halogens is 4. The fraction of sp³-hybridized carbons (Fsp3) is 0.125. The molecular formula is C16H8F4LiN5O2. The summed E-state index contributed by atoms with van der Waals surface area (Å²) < 4.78 is 54.3. The summed E-state index contributed by atoms with van der Waals surface area (Å²) in [6.07, 6.45) is -1.04. The number of aromatic nitrogens is 5. The van der Waals surface area contributed by atoms with E-state index in [0.717, 1.165) is 18.5 Å². The molecule has 4 aromatic rings. The number of aromatic carboxylic acids is 1. The Morgan fingerprint density at radius 1 is 1.18 bits per heavy atom. The van der Waals surface area contributed by atoms with E-state index in [-0.39, 0.29) is 41.2 Å². The third-order valence-electron chi connectivity index (χ3n) is 3.89. The van der Waals surface area contributed by atoms with E-state index in [0.29, 0.717) is 10.3 Å². The molecule has 138 valence electrons. The zero-order valence-electron chi connectivity index (χ0n) is 14.2. The molecule has 0 N–H and O–H groups in total. The second kappa shape index (κ2) is 6.92. The minimum atomic E-state index is -4.59. The second-order valence-electron chi connectivity index (χ2n) is 5.71. The standard InChI is InChI=1S/C16H9F4N5O2.Li/c17-8-1-2-13-22-5-12(24(13)6-8)14-9-4-21-10(15(26)27)3-11(9)25(23-14)7-16(18,19)20;/h1-6H,7H2,(H,26,27);/q;+1/p-1. The average molecular weight is 385 g/mol. The Morgan fingerprint density at radius 3 is 2.61 bits per heavy atom. The van der Waals surface area contributed by atoms with Crippen molar-refractivity contribution in [1.82, 2.24) is 24.1 Å². The first-order valence-electron chi connectivity index (χ1n) is 7.50. The van der Waals surface area contributed by atoms with Gasteiger partial charge in [-0.15, -0.1) is 0 Å². The van der Waals surface area contributed by atoms with Crippen LogP contribution in [0, 0.1) is 5.82 Å². The van der Waals surface area contributed by atoms with E-state index in [1.165, 1.54) is 22.7 Å². The van der Waals surface area contributed by atoms with Gasteiger partial charge in [0.25, 0.3) is 0 Å². The Bertz CT molecular complexity index is 1200. The predicted octanol–water partition coefficient (Wildman–Crippen LogP) is -1.19. The molecule has 4 aromatic heterocycles. The Hall–Kier alpha value is -2.90. The molecule has 0 spiro atoms. The van der Waals surface area contributed by atoms with Crippen molar-refractivity contribution in [1.29, 1.82) is 0 Å². The van der Waals surface area contributed by atoms with Gasteiger partial charge in [0.1, 0.15) is 23.7 Å². The first kappa shape index (κ1) is 19.8. The van der Waals surface area contributed by atoms with Crippen molar-refractivity contribution in [2.24, 2.45) is 0 Å². The molecule has 12 heteroatoms. The van der Waals surface area contributed by atoms with Crippen LogP contribution in [-0.4, -0.2) is 36.3 Å². The Labute approximate surface area is 165 Å². The summed E-state index contributed by atoms with van der Waals surface area (Å²) >= 11 is 0. The fourth-order valence-corrected chi connectivity index (χ4v) is 2.79. The van der Waals surface area contributed by atoms with Crippen LogP contribution in [0.2, 0.25) is 0 Å². The van der Waals surface area contributed by atoms with Crippen molar-refractivity contribution in [2.45, 2.75) is 12.7 Å². The molecule has 0 aliphatic heterocycles. The van der Waals surface area contributed by atoms with E-state index < -0.39 is 30.2 Å². The summed E-state index contributed by atoms with van der Waals surface area (Å²) in [6.45, 7) is -1.44. The third kappa shape index (κ3) is 3.46. The molecular weight excluding hydrogens is 377 g/mol. The molecule has 0 amide bonds. The Morgan fingerprint density at radius 2 is 1.93 bits per heavy atom. The first-order valence-corrected chi connectivity index (χ1v) is 7.50. The maximum absolute atomic E-state index is 13.6. The molecule has 0 aliphatic rings. The van der Waals surface area contributed by atoms with Gasteiger partial charge in [-0.05, 0) is 18.2 Å². The van der Waals surface area contributed by atoms with E-state index in [1.807, 2.05) is 0 Å². The maximum atomic E-state index is 13.6. The summed E-state index contributed by atoms with van der Waals surface area (Å²) in [5, 5.41) is 15.1. The minimum absolute atomic E-state index is 0. The smallest absolute Gasteiger partial charge is 0.543 e. The summed E-state index contributed by atoms with van der Waals surface area (Å²) in [5.74, 6) is -2.20. The number of rotatable bonds is 3. The monoisotopic (exact) mass is 385 g/mol. The van der Waals surface area contributed by atoms with Crippen LogP contribution in [0.3, 0.4) is 0 Å². The number of carbonyl (C=O) groups is 1. The number of nitrogens with zero attached hydrogens (tertiary/aromatic N) is 5. The van der Waals surface area contributed by atoms with Crippen molar-refractivity contribution in [2.75, 3.05) is 0 Å². The molecule has 4 heterocycles. The Kier molecular flexibility index (Phi) is 4.91. The van der Waals surface area contributed by atoms with Crippen LogP contribution < -0.4 is 24.0 Å². The fourth-order valence-electron chi connectivity index (χ4n) is 2.79. The Balaban J connectivity index is 0.00000225. The van der Waals surface area contributed by atoms with Gasteiger partial charge in [0, 0.05) is 17.8 Å². The molecule has 4 rings (SSSR count). The van der Waals surface area contributed by atoms with Gasteiger partial charge in [-0.1, -0.05) is 0 Å². The van der Waals surface area contributed by atoms with E-state index in [2.05, 4.69) is 15.1 Å². The summed E-state index contributed by atoms with van der Waals surface area (Å²) in [4.78, 5) is 18.8. The third-order valence-corrected chi connectivity index (χ3v) is 3.89. The van der Waals surface area contributed by atoms with Gasteiger partial charge in [0.15, 0.2) is 0 Å². The van der Waals surface area contributed by atoms with Crippen LogP contribution in [0.15, 0.2) is 36.8 Å². The summed E-state index contributed by atoms with van der Waals surface area (Å²) in [5.41, 5.74) is 0.0387. The van der Waals surface area contributed by atoms with Gasteiger partial charge in [-0.3, -0.25) is 14.1 Å². The quantitative estimate of drug-likeness (QED) is 0.327. The zero-order chi connectivity index (χ0) is 19.3. The zero-order valence-corrected chi connectivity index (χ0v) is 14.2. The van der Waals surface area contributed by atoms with Crippen LogP contribution in [0.5, 0.6) is 0 Å². The molecule has 0 atom stereocenters. The van der Waals surface area contributed by atoms with Crippen LogP contribution >= 0.6 is 0 Å². The van der Waals surface area contributed by atoms with Crippen LogP contribution in [0.1, 0.15) is 10.5 Å². The molecule has 0 bridgehead atoms. The van der Waals surface area contributed by atoms with Gasteiger partial charge in [0.05, 0.1) is 29.1 Å². The van der Waals surface area contributed by atoms with Crippen molar-refractivity contribution >= 4 is 22.5 Å². The van der Waals surface area contributed by atoms with Crippen molar-refractivity contribution in [3.05, 3.63) is 48.3 Å². The maximum Gasteiger partial charge on any atom is 1.00 e. The molecule has 0 aromatic carbocycles. The predicted molar refractivity (Wildman–Crippen MR) is 82.1 cm³/mol. The van der Waals surface area contributed by atoms with Crippen LogP contribution in [0.25, 0.3) is 27.9 Å². The number of carboxylic acid groups (broad SMARTS) is 1. The van der Waals surface area contributed by atoms with Gasteiger partial charge in [-0.2, -0.15) is 18.3 Å². The van der Waals surface area contributed by atoms with Gasteiger partial charge < -0.3 is 9.90 Å². The number of pyridine rings is 2. The molecule has 7 nitrogen and oxygen atoms in total. The number of alkyl halides is 3. The SMILES string of the molecule is O=C([O-])c1cc2c(cn1)c(-c1cnc3ccc(F)cn13)nn2CC(F)(F)F.[Li+]. The van der Waals surface area contributed by atoms with Gasteiger partial charge >= 0.3 is 25.0 Å². The van der Waals surface area contributed by atoms with Crippen LogP contribution in [0.4, 0.5) is 17.6 Å². The largest absolute Gasteiger partial charge is 1.00 e. The van der Waals surface area contributed by atoms with Crippen molar-refractivity contribution < 1.29 is 46.3 Å². The summed E-state index contributed by atoms with van der Waals surface area (Å²) in [7, 11) is 0. The van der Waals surface area contributed by atoms with Crippen molar-refractivity contribution in [3.63, 3.8) is 0 Å².